The summed E-state index contributed by atoms with van der Waals surface area (Å²) < 4.78 is 11.4. The zero-order chi connectivity index (χ0) is 21.4. The van der Waals surface area contributed by atoms with E-state index in [1.54, 1.807) is 6.92 Å². The molecule has 1 aromatic carbocycles. The van der Waals surface area contributed by atoms with Crippen molar-refractivity contribution in [2.24, 2.45) is 11.1 Å². The van der Waals surface area contributed by atoms with E-state index in [4.69, 9.17) is 14.0 Å². The van der Waals surface area contributed by atoms with Crippen LogP contribution in [-0.4, -0.2) is 28.4 Å². The Bertz CT molecular complexity index is 824. The molecule has 0 spiro atoms. The summed E-state index contributed by atoms with van der Waals surface area (Å²) in [6.07, 6.45) is 1.16. The second kappa shape index (κ2) is 10.6. The molecular formula is C22H30N2O5. The molecule has 0 saturated heterocycles. The molecule has 0 amide bonds. The van der Waals surface area contributed by atoms with Gasteiger partial charge in [-0.25, -0.2) is 4.98 Å². The third kappa shape index (κ3) is 6.62. The highest BCUT2D eigenvalue weighted by atomic mass is 16.6. The minimum atomic E-state index is -0.922. The van der Waals surface area contributed by atoms with Gasteiger partial charge in [0.25, 0.3) is 0 Å². The summed E-state index contributed by atoms with van der Waals surface area (Å²) in [6, 6.07) is 7.38. The summed E-state index contributed by atoms with van der Waals surface area (Å²) in [7, 11) is 0. The maximum atomic E-state index is 11.6. The summed E-state index contributed by atoms with van der Waals surface area (Å²) >= 11 is 0. The van der Waals surface area contributed by atoms with Crippen LogP contribution >= 0.6 is 0 Å². The van der Waals surface area contributed by atoms with E-state index in [-0.39, 0.29) is 5.92 Å². The van der Waals surface area contributed by atoms with Crippen LogP contribution in [0.1, 0.15) is 62.9 Å². The maximum absolute atomic E-state index is 11.6. The third-order valence-electron chi connectivity index (χ3n) is 4.45. The number of hydrogen-bond acceptors (Lipinski definition) is 6. The van der Waals surface area contributed by atoms with E-state index >= 15 is 0 Å². The van der Waals surface area contributed by atoms with Gasteiger partial charge in [-0.1, -0.05) is 38.1 Å². The van der Waals surface area contributed by atoms with Gasteiger partial charge in [-0.05, 0) is 44.4 Å². The van der Waals surface area contributed by atoms with Crippen LogP contribution in [0, 0.1) is 12.8 Å². The van der Waals surface area contributed by atoms with Crippen LogP contribution in [0.25, 0.3) is 0 Å². The number of ether oxygens (including phenoxy) is 1. The lowest BCUT2D eigenvalue weighted by Gasteiger charge is -2.12. The van der Waals surface area contributed by atoms with Crippen LogP contribution in [0.15, 0.2) is 33.8 Å². The minimum absolute atomic E-state index is 0.225. The van der Waals surface area contributed by atoms with Gasteiger partial charge in [-0.2, -0.15) is 0 Å². The van der Waals surface area contributed by atoms with Crippen molar-refractivity contribution in [3.05, 3.63) is 47.2 Å². The van der Waals surface area contributed by atoms with Gasteiger partial charge in [0.1, 0.15) is 36.3 Å². The first-order chi connectivity index (χ1) is 13.8. The van der Waals surface area contributed by atoms with Gasteiger partial charge in [0.2, 0.25) is 0 Å². The Morgan fingerprint density at radius 3 is 2.52 bits per heavy atom. The van der Waals surface area contributed by atoms with Crippen molar-refractivity contribution in [1.82, 2.24) is 4.98 Å². The van der Waals surface area contributed by atoms with E-state index in [2.05, 4.69) is 10.1 Å². The van der Waals surface area contributed by atoms with Crippen LogP contribution in [-0.2, 0) is 22.7 Å². The number of aromatic nitrogens is 1. The molecule has 0 fully saturated rings. The Labute approximate surface area is 171 Å². The summed E-state index contributed by atoms with van der Waals surface area (Å²) in [5, 5.41) is 13.4. The molecule has 0 radical (unpaired) electrons. The summed E-state index contributed by atoms with van der Waals surface area (Å²) in [5.41, 5.74) is 2.12. The highest BCUT2D eigenvalue weighted by molar-refractivity contribution is 6.00. The molecule has 7 nitrogen and oxygen atoms in total. The SMILES string of the molecule is CCCO/N=C(\C)C(Cc1ccc(OCc2nc(C(C)C)oc2C)cc1)C(=O)O. The van der Waals surface area contributed by atoms with Gasteiger partial charge in [-0.15, -0.1) is 0 Å². The van der Waals surface area contributed by atoms with Gasteiger partial charge in [0.05, 0.1) is 5.71 Å². The lowest BCUT2D eigenvalue weighted by atomic mass is 9.95. The van der Waals surface area contributed by atoms with Crippen molar-refractivity contribution in [3.8, 4) is 5.75 Å². The first-order valence-corrected chi connectivity index (χ1v) is 9.89. The van der Waals surface area contributed by atoms with Gasteiger partial charge in [0, 0.05) is 5.92 Å². The molecule has 1 heterocycles. The van der Waals surface area contributed by atoms with Crippen LogP contribution in [0.4, 0.5) is 0 Å². The fourth-order valence-electron chi connectivity index (χ4n) is 2.66. The monoisotopic (exact) mass is 402 g/mol. The minimum Gasteiger partial charge on any atom is -0.487 e. The van der Waals surface area contributed by atoms with E-state index in [0.29, 0.717) is 37.0 Å². The van der Waals surface area contributed by atoms with E-state index in [9.17, 15) is 9.90 Å². The van der Waals surface area contributed by atoms with Crippen molar-refractivity contribution in [3.63, 3.8) is 0 Å². The molecule has 0 aliphatic carbocycles. The zero-order valence-corrected chi connectivity index (χ0v) is 17.8. The van der Waals surface area contributed by atoms with Crippen molar-refractivity contribution in [1.29, 1.82) is 0 Å². The molecule has 0 bridgehead atoms. The van der Waals surface area contributed by atoms with Crippen molar-refractivity contribution >= 4 is 11.7 Å². The second-order valence-corrected chi connectivity index (χ2v) is 7.30. The average molecular weight is 402 g/mol. The Hall–Kier alpha value is -2.83. The number of aryl methyl sites for hydroxylation is 1. The van der Waals surface area contributed by atoms with Crippen LogP contribution in [0.3, 0.4) is 0 Å². The average Bonchev–Trinajstić information content (AvgIpc) is 3.06. The molecule has 0 aliphatic heterocycles. The Morgan fingerprint density at radius 1 is 1.28 bits per heavy atom. The third-order valence-corrected chi connectivity index (χ3v) is 4.45. The standard InChI is InChI=1S/C22H30N2O5/c1-6-11-28-24-15(4)19(22(25)26)12-17-7-9-18(10-8-17)27-13-20-16(5)29-21(23-20)14(2)3/h7-10,14,19H,6,11-13H2,1-5H3,(H,25,26)/b24-15+. The lowest BCUT2D eigenvalue weighted by Crippen LogP contribution is -2.24. The molecule has 1 aromatic heterocycles. The van der Waals surface area contributed by atoms with Crippen molar-refractivity contribution in [2.75, 3.05) is 6.61 Å². The quantitative estimate of drug-likeness (QED) is 0.332. The molecule has 158 valence electrons. The Kier molecular flexibility index (Phi) is 8.24. The largest absolute Gasteiger partial charge is 0.487 e. The first-order valence-electron chi connectivity index (χ1n) is 9.89. The van der Waals surface area contributed by atoms with Crippen molar-refractivity contribution < 1.29 is 23.9 Å². The molecule has 2 aromatic rings. The molecule has 2 rings (SSSR count). The zero-order valence-electron chi connectivity index (χ0n) is 17.8. The number of oxazole rings is 1. The molecule has 1 atom stereocenters. The first kappa shape index (κ1) is 22.5. The highest BCUT2D eigenvalue weighted by Crippen LogP contribution is 2.21. The van der Waals surface area contributed by atoms with Gasteiger partial charge in [0.15, 0.2) is 5.89 Å². The van der Waals surface area contributed by atoms with Gasteiger partial charge >= 0.3 is 5.97 Å². The molecule has 0 saturated carbocycles. The topological polar surface area (TPSA) is 94.2 Å². The maximum Gasteiger partial charge on any atom is 0.312 e. The fraction of sp³-hybridized carbons (Fsp3) is 0.500. The van der Waals surface area contributed by atoms with Gasteiger partial charge < -0.3 is 19.1 Å². The van der Waals surface area contributed by atoms with Crippen LogP contribution < -0.4 is 4.74 Å². The number of carboxylic acids is 1. The van der Waals surface area contributed by atoms with E-state index < -0.39 is 11.9 Å². The second-order valence-electron chi connectivity index (χ2n) is 7.30. The summed E-state index contributed by atoms with van der Waals surface area (Å²) in [6.45, 7) is 10.4. The number of nitrogens with zero attached hydrogens (tertiary/aromatic N) is 2. The predicted molar refractivity (Wildman–Crippen MR) is 110 cm³/mol. The molecule has 0 aliphatic rings. The lowest BCUT2D eigenvalue weighted by molar-refractivity contribution is -0.139. The number of aliphatic carboxylic acids is 1. The number of oxime groups is 1. The van der Waals surface area contributed by atoms with Crippen LogP contribution in [0.5, 0.6) is 5.75 Å². The number of carbonyl (C=O) groups is 1. The number of hydrogen-bond donors (Lipinski definition) is 1. The van der Waals surface area contributed by atoms with Gasteiger partial charge in [-0.3, -0.25) is 4.79 Å². The number of rotatable bonds is 11. The normalized spacial score (nSPS) is 12.8. The summed E-state index contributed by atoms with van der Waals surface area (Å²) in [4.78, 5) is 21.2. The Morgan fingerprint density at radius 2 is 1.97 bits per heavy atom. The predicted octanol–water partition coefficient (Wildman–Crippen LogP) is 4.73. The molecule has 1 unspecified atom stereocenters. The Balaban J connectivity index is 1.98. The smallest absolute Gasteiger partial charge is 0.312 e. The number of carboxylic acid groups (broad SMARTS) is 1. The fourth-order valence-corrected chi connectivity index (χ4v) is 2.66. The molecular weight excluding hydrogens is 372 g/mol. The van der Waals surface area contributed by atoms with Crippen LogP contribution in [0.2, 0.25) is 0 Å². The summed E-state index contributed by atoms with van der Waals surface area (Å²) in [5.74, 6) is 0.722. The molecule has 1 N–H and O–H groups in total. The van der Waals surface area contributed by atoms with E-state index in [0.717, 1.165) is 23.4 Å². The van der Waals surface area contributed by atoms with E-state index in [1.807, 2.05) is 52.0 Å². The molecule has 29 heavy (non-hydrogen) atoms. The van der Waals surface area contributed by atoms with Crippen molar-refractivity contribution in [2.45, 2.75) is 60.0 Å². The molecule has 7 heteroatoms. The van der Waals surface area contributed by atoms with E-state index in [1.165, 1.54) is 0 Å². The highest BCUT2D eigenvalue weighted by Gasteiger charge is 2.22. The number of benzene rings is 1.